The van der Waals surface area contributed by atoms with E-state index in [1.54, 1.807) is 12.4 Å². The normalized spacial score (nSPS) is 10.8. The van der Waals surface area contributed by atoms with E-state index >= 15 is 0 Å². The molecule has 31 heavy (non-hydrogen) atoms. The number of hydrogen-bond donors (Lipinski definition) is 1. The van der Waals surface area contributed by atoms with Gasteiger partial charge >= 0.3 is 0 Å². The molecule has 1 N–H and O–H groups in total. The van der Waals surface area contributed by atoms with Crippen molar-refractivity contribution in [2.75, 3.05) is 13.2 Å². The molecule has 2 heterocycles. The maximum atomic E-state index is 12.1. The van der Waals surface area contributed by atoms with E-state index in [-0.39, 0.29) is 5.91 Å². The number of aryl methyl sites for hydroxylation is 1. The number of benzene rings is 2. The predicted octanol–water partition coefficient (Wildman–Crippen LogP) is 4.80. The van der Waals surface area contributed by atoms with E-state index in [0.29, 0.717) is 38.3 Å². The third kappa shape index (κ3) is 5.69. The Morgan fingerprint density at radius 1 is 0.968 bits per heavy atom. The second-order valence-corrected chi connectivity index (χ2v) is 7.22. The van der Waals surface area contributed by atoms with Gasteiger partial charge in [0.25, 0.3) is 0 Å². The SMILES string of the molecule is O=C(CCCc1ncc(-c2ccccc2)o1)NCCCOc1cccc2cccnc12. The fourth-order valence-electron chi connectivity index (χ4n) is 3.33. The number of nitrogens with one attached hydrogen (secondary N) is 1. The van der Waals surface area contributed by atoms with E-state index in [1.807, 2.05) is 60.7 Å². The molecule has 0 aliphatic heterocycles. The lowest BCUT2D eigenvalue weighted by Gasteiger charge is -2.09. The number of nitrogens with zero attached hydrogens (tertiary/aromatic N) is 2. The highest BCUT2D eigenvalue weighted by atomic mass is 16.5. The molecule has 0 unspecified atom stereocenters. The first-order valence-electron chi connectivity index (χ1n) is 10.5. The molecular formula is C25H25N3O3. The number of carbonyl (C=O) groups excluding carboxylic acids is 1. The van der Waals surface area contributed by atoms with Crippen LogP contribution in [0.4, 0.5) is 0 Å². The quantitative estimate of drug-likeness (QED) is 0.377. The Labute approximate surface area is 181 Å². The molecule has 0 spiro atoms. The van der Waals surface area contributed by atoms with Gasteiger partial charge < -0.3 is 14.5 Å². The summed E-state index contributed by atoms with van der Waals surface area (Å²) in [5, 5.41) is 3.99. The maximum absolute atomic E-state index is 12.1. The molecule has 4 rings (SSSR count). The van der Waals surface area contributed by atoms with Gasteiger partial charge in [-0.1, -0.05) is 48.5 Å². The maximum Gasteiger partial charge on any atom is 0.220 e. The molecule has 6 nitrogen and oxygen atoms in total. The average molecular weight is 415 g/mol. The van der Waals surface area contributed by atoms with Gasteiger partial charge in [0.05, 0.1) is 12.8 Å². The Kier molecular flexibility index (Phi) is 6.90. The molecule has 0 aliphatic carbocycles. The third-order valence-corrected chi connectivity index (χ3v) is 4.90. The second-order valence-electron chi connectivity index (χ2n) is 7.22. The summed E-state index contributed by atoms with van der Waals surface area (Å²) in [6.45, 7) is 1.10. The summed E-state index contributed by atoms with van der Waals surface area (Å²) in [7, 11) is 0. The van der Waals surface area contributed by atoms with Crippen LogP contribution < -0.4 is 10.1 Å². The lowest BCUT2D eigenvalue weighted by atomic mass is 10.2. The zero-order valence-electron chi connectivity index (χ0n) is 17.3. The fourth-order valence-corrected chi connectivity index (χ4v) is 3.33. The molecule has 2 aromatic carbocycles. The molecule has 4 aromatic rings. The number of para-hydroxylation sites is 1. The second kappa shape index (κ2) is 10.4. The highest BCUT2D eigenvalue weighted by Crippen LogP contribution is 2.23. The molecular weight excluding hydrogens is 390 g/mol. The van der Waals surface area contributed by atoms with Crippen LogP contribution in [0, 0.1) is 0 Å². The third-order valence-electron chi connectivity index (χ3n) is 4.90. The highest BCUT2D eigenvalue weighted by molar-refractivity contribution is 5.84. The number of carbonyl (C=O) groups is 1. The van der Waals surface area contributed by atoms with Gasteiger partial charge in [0, 0.05) is 36.5 Å². The first kappa shape index (κ1) is 20.6. The number of oxazole rings is 1. The monoisotopic (exact) mass is 415 g/mol. The lowest BCUT2D eigenvalue weighted by molar-refractivity contribution is -0.121. The van der Waals surface area contributed by atoms with E-state index in [9.17, 15) is 4.79 Å². The predicted molar refractivity (Wildman–Crippen MR) is 120 cm³/mol. The largest absolute Gasteiger partial charge is 0.491 e. The van der Waals surface area contributed by atoms with Crippen LogP contribution in [0.2, 0.25) is 0 Å². The van der Waals surface area contributed by atoms with Crippen molar-refractivity contribution >= 4 is 16.8 Å². The Balaban J connectivity index is 1.12. The van der Waals surface area contributed by atoms with E-state index in [0.717, 1.165) is 34.4 Å². The van der Waals surface area contributed by atoms with E-state index in [1.165, 1.54) is 0 Å². The van der Waals surface area contributed by atoms with Gasteiger partial charge in [0.15, 0.2) is 11.7 Å². The van der Waals surface area contributed by atoms with Gasteiger partial charge in [-0.05, 0) is 25.0 Å². The van der Waals surface area contributed by atoms with Gasteiger partial charge in [0.2, 0.25) is 5.91 Å². The number of amides is 1. The van der Waals surface area contributed by atoms with E-state index in [2.05, 4.69) is 15.3 Å². The smallest absolute Gasteiger partial charge is 0.220 e. The van der Waals surface area contributed by atoms with Crippen molar-refractivity contribution < 1.29 is 13.9 Å². The fraction of sp³-hybridized carbons (Fsp3) is 0.240. The zero-order chi connectivity index (χ0) is 21.3. The summed E-state index contributed by atoms with van der Waals surface area (Å²) in [5.74, 6) is 2.21. The lowest BCUT2D eigenvalue weighted by Crippen LogP contribution is -2.25. The minimum Gasteiger partial charge on any atom is -0.491 e. The molecule has 0 bridgehead atoms. The molecule has 158 valence electrons. The van der Waals surface area contributed by atoms with E-state index in [4.69, 9.17) is 9.15 Å². The molecule has 0 saturated heterocycles. The van der Waals surface area contributed by atoms with Crippen LogP contribution in [0.15, 0.2) is 77.5 Å². The van der Waals surface area contributed by atoms with Gasteiger partial charge in [-0.2, -0.15) is 0 Å². The molecule has 1 amide bonds. The topological polar surface area (TPSA) is 77.2 Å². The number of aromatic nitrogens is 2. The summed E-state index contributed by atoms with van der Waals surface area (Å²) >= 11 is 0. The summed E-state index contributed by atoms with van der Waals surface area (Å²) < 4.78 is 11.6. The Morgan fingerprint density at radius 3 is 2.74 bits per heavy atom. The number of fused-ring (bicyclic) bond motifs is 1. The van der Waals surface area contributed by atoms with Crippen molar-refractivity contribution in [1.82, 2.24) is 15.3 Å². The van der Waals surface area contributed by atoms with Crippen LogP contribution in [0.1, 0.15) is 25.2 Å². The van der Waals surface area contributed by atoms with Crippen molar-refractivity contribution in [2.24, 2.45) is 0 Å². The zero-order valence-corrected chi connectivity index (χ0v) is 17.3. The number of rotatable bonds is 10. The Hall–Kier alpha value is -3.67. The summed E-state index contributed by atoms with van der Waals surface area (Å²) in [5.41, 5.74) is 1.86. The van der Waals surface area contributed by atoms with Crippen molar-refractivity contribution in [3.63, 3.8) is 0 Å². The number of ether oxygens (including phenoxy) is 1. The van der Waals surface area contributed by atoms with E-state index < -0.39 is 0 Å². The van der Waals surface area contributed by atoms with Crippen molar-refractivity contribution in [1.29, 1.82) is 0 Å². The number of hydrogen-bond acceptors (Lipinski definition) is 5. The summed E-state index contributed by atoms with van der Waals surface area (Å²) in [4.78, 5) is 20.7. The van der Waals surface area contributed by atoms with Crippen LogP contribution in [0.3, 0.4) is 0 Å². The van der Waals surface area contributed by atoms with Gasteiger partial charge in [-0.15, -0.1) is 0 Å². The molecule has 0 radical (unpaired) electrons. The molecule has 0 atom stereocenters. The van der Waals surface area contributed by atoms with Crippen molar-refractivity contribution in [3.8, 4) is 17.1 Å². The average Bonchev–Trinajstić information content (AvgIpc) is 3.28. The number of pyridine rings is 1. The van der Waals surface area contributed by atoms with Gasteiger partial charge in [0.1, 0.15) is 11.3 Å². The first-order valence-corrected chi connectivity index (χ1v) is 10.5. The van der Waals surface area contributed by atoms with Crippen molar-refractivity contribution in [3.05, 3.63) is 78.9 Å². The van der Waals surface area contributed by atoms with Crippen LogP contribution in [-0.2, 0) is 11.2 Å². The van der Waals surface area contributed by atoms with Crippen LogP contribution >= 0.6 is 0 Å². The van der Waals surface area contributed by atoms with Crippen LogP contribution in [0.5, 0.6) is 5.75 Å². The molecule has 0 saturated carbocycles. The standard InChI is InChI=1S/C25H25N3O3/c29-23(13-5-14-24-28-18-22(31-24)19-8-2-1-3-9-19)26-16-7-17-30-21-12-4-10-20-11-6-15-27-25(20)21/h1-4,6,8-12,15,18H,5,7,13-14,16-17H2,(H,26,29). The highest BCUT2D eigenvalue weighted by Gasteiger charge is 2.08. The minimum absolute atomic E-state index is 0.0293. The molecule has 0 aliphatic rings. The minimum atomic E-state index is 0.0293. The van der Waals surface area contributed by atoms with Gasteiger partial charge in [-0.3, -0.25) is 9.78 Å². The van der Waals surface area contributed by atoms with Crippen LogP contribution in [-0.4, -0.2) is 29.0 Å². The summed E-state index contributed by atoms with van der Waals surface area (Å²) in [6.07, 6.45) is 5.99. The Bertz CT molecular complexity index is 1120. The summed E-state index contributed by atoms with van der Waals surface area (Å²) in [6, 6.07) is 19.7. The van der Waals surface area contributed by atoms with Crippen LogP contribution in [0.25, 0.3) is 22.2 Å². The first-order chi connectivity index (χ1) is 15.3. The van der Waals surface area contributed by atoms with Gasteiger partial charge in [-0.25, -0.2) is 4.98 Å². The molecule has 6 heteroatoms. The Morgan fingerprint density at radius 2 is 1.84 bits per heavy atom. The molecule has 0 fully saturated rings. The molecule has 2 aromatic heterocycles. The van der Waals surface area contributed by atoms with Crippen molar-refractivity contribution in [2.45, 2.75) is 25.7 Å².